The monoisotopic (exact) mass is 477 g/mol. The predicted octanol–water partition coefficient (Wildman–Crippen LogP) is 4.96. The third-order valence-electron chi connectivity index (χ3n) is 4.68. The molecule has 0 saturated carbocycles. The van der Waals surface area contributed by atoms with Crippen molar-refractivity contribution < 1.29 is 9.90 Å². The average molecular weight is 478 g/mol. The van der Waals surface area contributed by atoms with Crippen LogP contribution in [0.5, 0.6) is 0 Å². The SMILES string of the molecule is CC(C)(O)CN=Cc1cc(NC(=O)c2csc(-c3ccncc3)n2)c(-c2ccsc2)cc1N. The van der Waals surface area contributed by atoms with E-state index in [0.717, 1.165) is 21.7 Å². The lowest BCUT2D eigenvalue weighted by molar-refractivity contribution is 0.0905. The number of nitrogens with two attached hydrogens (primary N) is 1. The maximum atomic E-state index is 13.0. The van der Waals surface area contributed by atoms with Crippen molar-refractivity contribution in [1.82, 2.24) is 9.97 Å². The summed E-state index contributed by atoms with van der Waals surface area (Å²) >= 11 is 2.96. The maximum absolute atomic E-state index is 13.0. The molecule has 4 rings (SSSR count). The van der Waals surface area contributed by atoms with E-state index in [1.165, 1.54) is 11.3 Å². The van der Waals surface area contributed by atoms with Gasteiger partial charge in [-0.05, 0) is 60.5 Å². The molecule has 1 amide bonds. The van der Waals surface area contributed by atoms with Gasteiger partial charge in [-0.3, -0.25) is 14.8 Å². The molecule has 0 saturated heterocycles. The van der Waals surface area contributed by atoms with E-state index in [9.17, 15) is 9.90 Å². The number of thiophene rings is 1. The quantitative estimate of drug-likeness (QED) is 0.257. The summed E-state index contributed by atoms with van der Waals surface area (Å²) < 4.78 is 0. The standard InChI is InChI=1S/C24H23N5O2S2/c1-24(2,31)14-27-11-17-9-20(18(10-19(17)25)16-5-8-32-12-16)28-22(30)21-13-33-23(29-21)15-3-6-26-7-4-15/h3-13,31H,14,25H2,1-2H3,(H,28,30). The summed E-state index contributed by atoms with van der Waals surface area (Å²) in [5.74, 6) is -0.313. The molecular weight excluding hydrogens is 454 g/mol. The van der Waals surface area contributed by atoms with E-state index in [-0.39, 0.29) is 12.5 Å². The molecule has 0 fully saturated rings. The fourth-order valence-corrected chi connectivity index (χ4v) is 4.53. The van der Waals surface area contributed by atoms with Gasteiger partial charge in [0.05, 0.1) is 12.1 Å². The van der Waals surface area contributed by atoms with Crippen molar-refractivity contribution in [2.24, 2.45) is 4.99 Å². The number of aromatic nitrogens is 2. The molecule has 0 aliphatic rings. The summed E-state index contributed by atoms with van der Waals surface area (Å²) in [7, 11) is 0. The van der Waals surface area contributed by atoms with Crippen LogP contribution in [0.15, 0.2) is 63.9 Å². The van der Waals surface area contributed by atoms with Gasteiger partial charge in [-0.25, -0.2) is 4.98 Å². The number of aliphatic imine (C=N–C) groups is 1. The van der Waals surface area contributed by atoms with Crippen LogP contribution in [0.25, 0.3) is 21.7 Å². The van der Waals surface area contributed by atoms with E-state index in [0.29, 0.717) is 22.6 Å². The first kappa shape index (κ1) is 22.8. The van der Waals surface area contributed by atoms with Crippen LogP contribution in [0.3, 0.4) is 0 Å². The van der Waals surface area contributed by atoms with Crippen LogP contribution in [-0.2, 0) is 0 Å². The van der Waals surface area contributed by atoms with E-state index < -0.39 is 5.60 Å². The van der Waals surface area contributed by atoms with Crippen LogP contribution in [0, 0.1) is 0 Å². The van der Waals surface area contributed by atoms with Crippen LogP contribution in [0.4, 0.5) is 11.4 Å². The molecule has 4 aromatic rings. The number of aliphatic hydroxyl groups is 1. The summed E-state index contributed by atoms with van der Waals surface area (Å²) in [5, 5.41) is 19.3. The lowest BCUT2D eigenvalue weighted by Gasteiger charge is -2.14. The zero-order chi connectivity index (χ0) is 23.4. The highest BCUT2D eigenvalue weighted by molar-refractivity contribution is 7.13. The van der Waals surface area contributed by atoms with Gasteiger partial charge in [-0.15, -0.1) is 11.3 Å². The number of anilines is 2. The smallest absolute Gasteiger partial charge is 0.275 e. The van der Waals surface area contributed by atoms with Gasteiger partial charge >= 0.3 is 0 Å². The zero-order valence-corrected chi connectivity index (χ0v) is 19.8. The van der Waals surface area contributed by atoms with Crippen molar-refractivity contribution in [3.8, 4) is 21.7 Å². The molecule has 168 valence electrons. The fourth-order valence-electron chi connectivity index (χ4n) is 3.06. The second-order valence-electron chi connectivity index (χ2n) is 8.05. The van der Waals surface area contributed by atoms with Gasteiger partial charge in [0, 0.05) is 52.1 Å². The molecule has 1 aromatic carbocycles. The summed E-state index contributed by atoms with van der Waals surface area (Å²) in [5.41, 5.74) is 10.2. The molecule has 9 heteroatoms. The predicted molar refractivity (Wildman–Crippen MR) is 136 cm³/mol. The molecule has 3 heterocycles. The molecule has 0 atom stereocenters. The summed E-state index contributed by atoms with van der Waals surface area (Å²) in [4.78, 5) is 25.9. The van der Waals surface area contributed by atoms with Crippen molar-refractivity contribution in [2.45, 2.75) is 19.4 Å². The van der Waals surface area contributed by atoms with Crippen molar-refractivity contribution >= 4 is 46.2 Å². The zero-order valence-electron chi connectivity index (χ0n) is 18.1. The molecule has 7 nitrogen and oxygen atoms in total. The molecule has 0 unspecified atom stereocenters. The van der Waals surface area contributed by atoms with Crippen LogP contribution in [0.1, 0.15) is 29.9 Å². The number of nitrogens with one attached hydrogen (secondary N) is 1. The number of pyridine rings is 1. The third-order valence-corrected chi connectivity index (χ3v) is 6.25. The van der Waals surface area contributed by atoms with Gasteiger partial charge in [0.15, 0.2) is 0 Å². The minimum Gasteiger partial charge on any atom is -0.398 e. The van der Waals surface area contributed by atoms with Crippen LogP contribution in [0.2, 0.25) is 0 Å². The number of thiazole rings is 1. The minimum atomic E-state index is -0.921. The topological polar surface area (TPSA) is 113 Å². The van der Waals surface area contributed by atoms with Gasteiger partial charge < -0.3 is 16.2 Å². The number of nitrogens with zero attached hydrogens (tertiary/aromatic N) is 3. The second-order valence-corrected chi connectivity index (χ2v) is 9.69. The number of benzene rings is 1. The Morgan fingerprint density at radius 3 is 2.70 bits per heavy atom. The van der Waals surface area contributed by atoms with Gasteiger partial charge in [0.25, 0.3) is 5.91 Å². The first-order valence-electron chi connectivity index (χ1n) is 10.2. The minimum absolute atomic E-state index is 0.233. The Morgan fingerprint density at radius 2 is 2.00 bits per heavy atom. The number of hydrogen-bond acceptors (Lipinski definition) is 8. The highest BCUT2D eigenvalue weighted by Gasteiger charge is 2.17. The molecule has 3 aromatic heterocycles. The average Bonchev–Trinajstić information content (AvgIpc) is 3.48. The van der Waals surface area contributed by atoms with Gasteiger partial charge in [-0.2, -0.15) is 11.3 Å². The van der Waals surface area contributed by atoms with Crippen LogP contribution >= 0.6 is 22.7 Å². The van der Waals surface area contributed by atoms with Crippen molar-refractivity contribution in [3.63, 3.8) is 0 Å². The van der Waals surface area contributed by atoms with Crippen molar-refractivity contribution in [2.75, 3.05) is 17.6 Å². The van der Waals surface area contributed by atoms with Gasteiger partial charge in [0.2, 0.25) is 0 Å². The molecule has 33 heavy (non-hydrogen) atoms. The van der Waals surface area contributed by atoms with E-state index >= 15 is 0 Å². The van der Waals surface area contributed by atoms with Gasteiger partial charge in [0.1, 0.15) is 10.7 Å². The lowest BCUT2D eigenvalue weighted by Crippen LogP contribution is -2.22. The summed E-state index contributed by atoms with van der Waals surface area (Å²) in [6.07, 6.45) is 5.00. The first-order chi connectivity index (χ1) is 15.8. The van der Waals surface area contributed by atoms with Crippen LogP contribution < -0.4 is 11.1 Å². The Morgan fingerprint density at radius 1 is 1.21 bits per heavy atom. The number of amides is 1. The maximum Gasteiger partial charge on any atom is 0.275 e. The number of carbonyl (C=O) groups excluding carboxylic acids is 1. The molecule has 0 aliphatic carbocycles. The number of carbonyl (C=O) groups is 1. The molecule has 0 bridgehead atoms. The Hall–Kier alpha value is -3.40. The number of rotatable bonds is 7. The largest absolute Gasteiger partial charge is 0.398 e. The Bertz CT molecular complexity index is 1280. The van der Waals surface area contributed by atoms with E-state index in [4.69, 9.17) is 5.73 Å². The van der Waals surface area contributed by atoms with E-state index in [2.05, 4.69) is 20.3 Å². The molecule has 0 aliphatic heterocycles. The molecular formula is C24H23N5O2S2. The molecule has 0 radical (unpaired) electrons. The number of nitrogen functional groups attached to an aromatic ring is 1. The lowest BCUT2D eigenvalue weighted by atomic mass is 10.0. The number of hydrogen-bond donors (Lipinski definition) is 3. The highest BCUT2D eigenvalue weighted by Crippen LogP contribution is 2.34. The third kappa shape index (κ3) is 5.70. The summed E-state index contributed by atoms with van der Waals surface area (Å²) in [6.45, 7) is 3.61. The van der Waals surface area contributed by atoms with E-state index in [1.807, 2.05) is 35.0 Å². The second kappa shape index (κ2) is 9.62. The van der Waals surface area contributed by atoms with Crippen molar-refractivity contribution in [3.05, 3.63) is 70.1 Å². The molecule has 4 N–H and O–H groups in total. The van der Waals surface area contributed by atoms with Crippen LogP contribution in [-0.4, -0.2) is 39.3 Å². The van der Waals surface area contributed by atoms with Crippen molar-refractivity contribution in [1.29, 1.82) is 0 Å². The Balaban J connectivity index is 1.64. The first-order valence-corrected chi connectivity index (χ1v) is 12.0. The Kier molecular flexibility index (Phi) is 6.64. The highest BCUT2D eigenvalue weighted by atomic mass is 32.1. The van der Waals surface area contributed by atoms with Gasteiger partial charge in [-0.1, -0.05) is 0 Å². The fraction of sp³-hybridized carbons (Fsp3) is 0.167. The Labute approximate surface area is 199 Å². The molecule has 0 spiro atoms. The summed E-state index contributed by atoms with van der Waals surface area (Å²) in [6, 6.07) is 9.31. The van der Waals surface area contributed by atoms with E-state index in [1.54, 1.807) is 55.2 Å². The normalized spacial score (nSPS) is 11.7.